The average molecular weight is 463 g/mol. The molecular formula is C24H34N2O3S2. The number of nitrogens with zero attached hydrogens (tertiary/aromatic N) is 2. The zero-order valence-corrected chi connectivity index (χ0v) is 20.5. The number of benzene rings is 2. The number of para-hydroxylation sites is 1. The predicted molar refractivity (Wildman–Crippen MR) is 133 cm³/mol. The third-order valence-corrected chi connectivity index (χ3v) is 7.71. The van der Waals surface area contributed by atoms with Crippen molar-refractivity contribution in [3.8, 4) is 5.75 Å². The first-order valence-corrected chi connectivity index (χ1v) is 12.9. The Hall–Kier alpha value is -1.80. The van der Waals surface area contributed by atoms with Gasteiger partial charge < -0.3 is 15.1 Å². The van der Waals surface area contributed by atoms with Crippen molar-refractivity contribution in [3.05, 3.63) is 54.6 Å². The van der Waals surface area contributed by atoms with Crippen LogP contribution >= 0.6 is 11.8 Å². The molecule has 0 fully saturated rings. The Labute approximate surface area is 193 Å². The van der Waals surface area contributed by atoms with Crippen LogP contribution in [0.5, 0.6) is 5.75 Å². The summed E-state index contributed by atoms with van der Waals surface area (Å²) in [6, 6.07) is 14.8. The summed E-state index contributed by atoms with van der Waals surface area (Å²) in [5, 5.41) is 0. The molecule has 0 aliphatic carbocycles. The Kier molecular flexibility index (Phi) is 10.1. The van der Waals surface area contributed by atoms with Gasteiger partial charge in [0.25, 0.3) is 0 Å². The molecule has 2 atom stereocenters. The molecule has 31 heavy (non-hydrogen) atoms. The van der Waals surface area contributed by atoms with E-state index in [2.05, 4.69) is 48.4 Å². The summed E-state index contributed by atoms with van der Waals surface area (Å²) >= 11 is 1.66. The van der Waals surface area contributed by atoms with Gasteiger partial charge in [-0.2, -0.15) is 0 Å². The molecule has 1 aliphatic heterocycles. The normalized spacial score (nSPS) is 19.0. The van der Waals surface area contributed by atoms with Crippen molar-refractivity contribution in [2.24, 2.45) is 0 Å². The number of allylic oxidation sites excluding steroid dienone is 1. The molecule has 0 bridgehead atoms. The van der Waals surface area contributed by atoms with E-state index in [0.29, 0.717) is 6.61 Å². The molecule has 1 aliphatic rings. The topological polar surface area (TPSA) is 64.3 Å². The maximum atomic E-state index is 13.6. The highest BCUT2D eigenvalue weighted by Gasteiger charge is 2.32. The van der Waals surface area contributed by atoms with E-state index >= 15 is 0 Å². The van der Waals surface area contributed by atoms with Crippen molar-refractivity contribution in [2.75, 3.05) is 31.4 Å². The minimum absolute atomic E-state index is 0. The summed E-state index contributed by atoms with van der Waals surface area (Å²) in [6.45, 7) is 5.50. The molecule has 0 amide bonds. The SMILES string of the molecule is C/C=C/COc1cc2c(cc1SC)N(c1ccccc1)CC(CCCC)N(C)S2=O.O. The van der Waals surface area contributed by atoms with E-state index in [0.717, 1.165) is 52.7 Å². The minimum atomic E-state index is -1.25. The molecule has 0 aromatic heterocycles. The Morgan fingerprint density at radius 3 is 2.65 bits per heavy atom. The number of hydrogen-bond acceptors (Lipinski definition) is 4. The standard InChI is InChI=1S/C24H32N2O2S2.H2O/c1-5-7-12-20-18-26(19-13-10-9-11-14-19)21-16-23(29-4)22(28-15-8-6-2)17-24(21)30(27)25(20)3;/h6,8-11,13-14,16-17,20H,5,7,12,15,18H2,1-4H3;1H2/b8-6+;. The number of rotatable bonds is 8. The van der Waals surface area contributed by atoms with Gasteiger partial charge in [0.2, 0.25) is 0 Å². The third kappa shape index (κ3) is 5.92. The zero-order chi connectivity index (χ0) is 21.5. The van der Waals surface area contributed by atoms with Gasteiger partial charge in [-0.3, -0.25) is 0 Å². The molecule has 0 spiro atoms. The quantitative estimate of drug-likeness (QED) is 0.399. The lowest BCUT2D eigenvalue weighted by Gasteiger charge is -2.29. The summed E-state index contributed by atoms with van der Waals surface area (Å²) in [6.07, 6.45) is 9.30. The molecule has 7 heteroatoms. The van der Waals surface area contributed by atoms with Gasteiger partial charge >= 0.3 is 0 Å². The number of hydrogen-bond donors (Lipinski definition) is 0. The van der Waals surface area contributed by atoms with Gasteiger partial charge in [0.1, 0.15) is 23.3 Å². The highest BCUT2D eigenvalue weighted by atomic mass is 32.2. The van der Waals surface area contributed by atoms with Crippen LogP contribution in [0.25, 0.3) is 0 Å². The van der Waals surface area contributed by atoms with E-state index < -0.39 is 11.0 Å². The van der Waals surface area contributed by atoms with Gasteiger partial charge in [-0.1, -0.05) is 50.1 Å². The van der Waals surface area contributed by atoms with Crippen LogP contribution in [-0.4, -0.2) is 46.5 Å². The van der Waals surface area contributed by atoms with E-state index in [1.165, 1.54) is 0 Å². The summed E-state index contributed by atoms with van der Waals surface area (Å²) in [7, 11) is 0.735. The van der Waals surface area contributed by atoms with Gasteiger partial charge in [-0.05, 0) is 37.8 Å². The van der Waals surface area contributed by atoms with Crippen LogP contribution in [0.15, 0.2) is 64.4 Å². The maximum Gasteiger partial charge on any atom is 0.134 e. The number of thioether (sulfide) groups is 1. The molecule has 1 heterocycles. The lowest BCUT2D eigenvalue weighted by atomic mass is 10.1. The van der Waals surface area contributed by atoms with Crippen LogP contribution in [0.1, 0.15) is 33.1 Å². The van der Waals surface area contributed by atoms with Crippen LogP contribution in [0.2, 0.25) is 0 Å². The molecule has 170 valence electrons. The van der Waals surface area contributed by atoms with E-state index in [-0.39, 0.29) is 11.5 Å². The Balaban J connectivity index is 0.00000341. The zero-order valence-electron chi connectivity index (χ0n) is 18.8. The molecule has 0 saturated heterocycles. The van der Waals surface area contributed by atoms with Crippen LogP contribution in [0, 0.1) is 0 Å². The van der Waals surface area contributed by atoms with Crippen molar-refractivity contribution >= 4 is 34.1 Å². The molecule has 2 aromatic rings. The van der Waals surface area contributed by atoms with Gasteiger partial charge in [0.05, 0.1) is 15.5 Å². The van der Waals surface area contributed by atoms with Crippen molar-refractivity contribution in [1.29, 1.82) is 0 Å². The summed E-state index contributed by atoms with van der Waals surface area (Å²) in [5.74, 6) is 0.793. The predicted octanol–water partition coefficient (Wildman–Crippen LogP) is 5.20. The Bertz CT molecular complexity index is 890. The molecule has 2 unspecified atom stereocenters. The maximum absolute atomic E-state index is 13.6. The fourth-order valence-electron chi connectivity index (χ4n) is 3.67. The van der Waals surface area contributed by atoms with Crippen LogP contribution in [0.3, 0.4) is 0 Å². The van der Waals surface area contributed by atoms with Crippen molar-refractivity contribution in [2.45, 2.75) is 48.9 Å². The Morgan fingerprint density at radius 2 is 2.00 bits per heavy atom. The van der Waals surface area contributed by atoms with Crippen molar-refractivity contribution < 1.29 is 14.4 Å². The molecule has 3 rings (SSSR count). The van der Waals surface area contributed by atoms with E-state index in [1.807, 2.05) is 42.6 Å². The first-order chi connectivity index (χ1) is 14.6. The molecule has 0 saturated carbocycles. The first-order valence-electron chi connectivity index (χ1n) is 10.5. The van der Waals surface area contributed by atoms with Crippen LogP contribution < -0.4 is 9.64 Å². The summed E-state index contributed by atoms with van der Waals surface area (Å²) in [5.41, 5.74) is 2.13. The average Bonchev–Trinajstić information content (AvgIpc) is 2.88. The molecule has 2 N–H and O–H groups in total. The van der Waals surface area contributed by atoms with Crippen LogP contribution in [-0.2, 0) is 11.0 Å². The lowest BCUT2D eigenvalue weighted by molar-refractivity contribution is 0.353. The fourth-order valence-corrected chi connectivity index (χ4v) is 5.53. The van der Waals surface area contributed by atoms with Crippen LogP contribution in [0.4, 0.5) is 11.4 Å². The molecule has 0 radical (unpaired) electrons. The van der Waals surface area contributed by atoms with E-state index in [1.54, 1.807) is 11.8 Å². The Morgan fingerprint density at radius 1 is 1.26 bits per heavy atom. The first kappa shape index (κ1) is 25.5. The minimum Gasteiger partial charge on any atom is -0.488 e. The molecule has 5 nitrogen and oxygen atoms in total. The third-order valence-electron chi connectivity index (χ3n) is 5.42. The smallest absolute Gasteiger partial charge is 0.134 e. The van der Waals surface area contributed by atoms with Crippen molar-refractivity contribution in [1.82, 2.24) is 4.31 Å². The highest BCUT2D eigenvalue weighted by molar-refractivity contribution is 7.98. The monoisotopic (exact) mass is 462 g/mol. The van der Waals surface area contributed by atoms with Gasteiger partial charge in [-0.15, -0.1) is 11.8 Å². The number of fused-ring (bicyclic) bond motifs is 1. The lowest BCUT2D eigenvalue weighted by Crippen LogP contribution is -2.38. The summed E-state index contributed by atoms with van der Waals surface area (Å²) < 4.78 is 21.6. The number of unbranched alkanes of at least 4 members (excludes halogenated alkanes) is 1. The fraction of sp³-hybridized carbons (Fsp3) is 0.417. The van der Waals surface area contributed by atoms with Gasteiger partial charge in [0.15, 0.2) is 0 Å². The van der Waals surface area contributed by atoms with E-state index in [9.17, 15) is 4.21 Å². The highest BCUT2D eigenvalue weighted by Crippen LogP contribution is 2.42. The largest absolute Gasteiger partial charge is 0.488 e. The number of anilines is 2. The van der Waals surface area contributed by atoms with Gasteiger partial charge in [-0.25, -0.2) is 8.51 Å². The second-order valence-corrected chi connectivity index (χ2v) is 9.75. The number of ether oxygens (including phenoxy) is 1. The van der Waals surface area contributed by atoms with Crippen molar-refractivity contribution in [3.63, 3.8) is 0 Å². The molecule has 2 aromatic carbocycles. The number of likely N-dealkylation sites (N-methyl/N-ethyl adjacent to an activating group) is 1. The second kappa shape index (κ2) is 12.3. The van der Waals surface area contributed by atoms with Gasteiger partial charge in [0, 0.05) is 31.4 Å². The van der Waals surface area contributed by atoms with E-state index in [4.69, 9.17) is 4.74 Å². The second-order valence-electron chi connectivity index (χ2n) is 7.39. The summed E-state index contributed by atoms with van der Waals surface area (Å²) in [4.78, 5) is 4.20. The molecular weight excluding hydrogens is 428 g/mol.